The van der Waals surface area contributed by atoms with Crippen LogP contribution in [0.5, 0.6) is 0 Å². The molecule has 0 spiro atoms. The molecule has 0 amide bonds. The van der Waals surface area contributed by atoms with Crippen molar-refractivity contribution in [2.45, 2.75) is 37.9 Å². The molecule has 1 aliphatic rings. The van der Waals surface area contributed by atoms with Crippen LogP contribution >= 0.6 is 11.6 Å². The average molecular weight is 281 g/mol. The first kappa shape index (κ1) is 13.0. The van der Waals surface area contributed by atoms with Crippen molar-refractivity contribution >= 4 is 22.6 Å². The van der Waals surface area contributed by atoms with Gasteiger partial charge in [-0.1, -0.05) is 23.7 Å². The van der Waals surface area contributed by atoms with Gasteiger partial charge in [0.1, 0.15) is 11.9 Å². The van der Waals surface area contributed by atoms with Gasteiger partial charge in [0.15, 0.2) is 5.58 Å². The molecule has 0 aliphatic carbocycles. The summed E-state index contributed by atoms with van der Waals surface area (Å²) < 4.78 is 11.3. The summed E-state index contributed by atoms with van der Waals surface area (Å²) in [5.41, 5.74) is 0.641. The fourth-order valence-electron chi connectivity index (χ4n) is 2.57. The molecule has 4 heteroatoms. The van der Waals surface area contributed by atoms with E-state index in [0.29, 0.717) is 22.8 Å². The zero-order chi connectivity index (χ0) is 13.2. The molecule has 2 heterocycles. The predicted octanol–water partition coefficient (Wildman–Crippen LogP) is 4.08. The van der Waals surface area contributed by atoms with Crippen molar-refractivity contribution < 1.29 is 14.3 Å². The fourth-order valence-corrected chi connectivity index (χ4v) is 2.79. The van der Waals surface area contributed by atoms with Crippen LogP contribution in [0, 0.1) is 0 Å². The molecule has 1 N–H and O–H groups in total. The standard InChI is InChI=1S/C15H17ClO3/c16-12-6-3-4-10-8-14(19-15(10)12)13(17)9-11-5-1-2-7-18-11/h3-4,6,8,11,13,17H,1-2,5,7,9H2. The first-order chi connectivity index (χ1) is 9.24. The Morgan fingerprint density at radius 2 is 2.26 bits per heavy atom. The van der Waals surface area contributed by atoms with Crippen molar-refractivity contribution in [3.63, 3.8) is 0 Å². The zero-order valence-corrected chi connectivity index (χ0v) is 11.4. The number of benzene rings is 1. The Morgan fingerprint density at radius 1 is 1.37 bits per heavy atom. The molecule has 2 aromatic rings. The van der Waals surface area contributed by atoms with E-state index in [1.165, 1.54) is 6.42 Å². The van der Waals surface area contributed by atoms with E-state index in [1.807, 2.05) is 18.2 Å². The molecule has 102 valence electrons. The molecule has 19 heavy (non-hydrogen) atoms. The zero-order valence-electron chi connectivity index (χ0n) is 10.6. The summed E-state index contributed by atoms with van der Waals surface area (Å²) in [5, 5.41) is 11.7. The monoisotopic (exact) mass is 280 g/mol. The Bertz CT molecular complexity index is 558. The first-order valence-electron chi connectivity index (χ1n) is 6.71. The van der Waals surface area contributed by atoms with Crippen molar-refractivity contribution in [3.8, 4) is 0 Å². The van der Waals surface area contributed by atoms with Gasteiger partial charge in [-0.2, -0.15) is 0 Å². The lowest BCUT2D eigenvalue weighted by molar-refractivity contribution is -0.0191. The van der Waals surface area contributed by atoms with Gasteiger partial charge in [0, 0.05) is 18.4 Å². The summed E-state index contributed by atoms with van der Waals surface area (Å²) in [6.07, 6.45) is 3.38. The molecular weight excluding hydrogens is 264 g/mol. The van der Waals surface area contributed by atoms with Crippen LogP contribution in [0.1, 0.15) is 37.5 Å². The van der Waals surface area contributed by atoms with Gasteiger partial charge in [0.2, 0.25) is 0 Å². The minimum Gasteiger partial charge on any atom is -0.457 e. The molecule has 1 aromatic carbocycles. The maximum absolute atomic E-state index is 10.2. The number of hydrogen-bond acceptors (Lipinski definition) is 3. The van der Waals surface area contributed by atoms with Gasteiger partial charge in [0.05, 0.1) is 11.1 Å². The van der Waals surface area contributed by atoms with Crippen molar-refractivity contribution in [3.05, 3.63) is 35.0 Å². The van der Waals surface area contributed by atoms with Crippen LogP contribution in [0.3, 0.4) is 0 Å². The molecule has 1 aromatic heterocycles. The van der Waals surface area contributed by atoms with E-state index >= 15 is 0 Å². The summed E-state index contributed by atoms with van der Waals surface area (Å²) in [4.78, 5) is 0. The van der Waals surface area contributed by atoms with Crippen molar-refractivity contribution in [1.82, 2.24) is 0 Å². The second-order valence-corrected chi connectivity index (χ2v) is 5.45. The second-order valence-electron chi connectivity index (χ2n) is 5.05. The highest BCUT2D eigenvalue weighted by Gasteiger charge is 2.22. The van der Waals surface area contributed by atoms with Crippen LogP contribution in [0.2, 0.25) is 5.02 Å². The molecule has 1 aliphatic heterocycles. The average Bonchev–Trinajstić information content (AvgIpc) is 2.85. The van der Waals surface area contributed by atoms with Gasteiger partial charge in [-0.05, 0) is 31.4 Å². The summed E-state index contributed by atoms with van der Waals surface area (Å²) in [6.45, 7) is 0.795. The Balaban J connectivity index is 1.77. The molecule has 2 unspecified atom stereocenters. The quantitative estimate of drug-likeness (QED) is 0.921. The summed E-state index contributed by atoms with van der Waals surface area (Å²) >= 11 is 6.07. The maximum Gasteiger partial charge on any atom is 0.152 e. The fraction of sp³-hybridized carbons (Fsp3) is 0.467. The minimum absolute atomic E-state index is 0.132. The number of para-hydroxylation sites is 1. The van der Waals surface area contributed by atoms with Crippen LogP contribution in [0.4, 0.5) is 0 Å². The molecule has 0 radical (unpaired) electrons. The smallest absolute Gasteiger partial charge is 0.152 e. The number of furan rings is 1. The van der Waals surface area contributed by atoms with Gasteiger partial charge in [-0.25, -0.2) is 0 Å². The Labute approximate surface area is 117 Å². The number of halogens is 1. The topological polar surface area (TPSA) is 42.6 Å². The predicted molar refractivity (Wildman–Crippen MR) is 74.4 cm³/mol. The first-order valence-corrected chi connectivity index (χ1v) is 7.09. The highest BCUT2D eigenvalue weighted by molar-refractivity contribution is 6.34. The van der Waals surface area contributed by atoms with E-state index in [1.54, 1.807) is 6.07 Å². The van der Waals surface area contributed by atoms with Crippen molar-refractivity contribution in [2.24, 2.45) is 0 Å². The molecule has 1 saturated heterocycles. The summed E-state index contributed by atoms with van der Waals surface area (Å²) in [6, 6.07) is 7.45. The number of aliphatic hydroxyl groups excluding tert-OH is 1. The van der Waals surface area contributed by atoms with Gasteiger partial charge in [-0.3, -0.25) is 0 Å². The molecular formula is C15H17ClO3. The SMILES string of the molecule is OC(CC1CCCCO1)c1cc2cccc(Cl)c2o1. The van der Waals surface area contributed by atoms with E-state index in [9.17, 15) is 5.11 Å². The molecule has 1 fully saturated rings. The lowest BCUT2D eigenvalue weighted by atomic mass is 10.0. The molecule has 2 atom stereocenters. The largest absolute Gasteiger partial charge is 0.457 e. The Morgan fingerprint density at radius 3 is 3.00 bits per heavy atom. The van der Waals surface area contributed by atoms with Gasteiger partial charge < -0.3 is 14.3 Å². The van der Waals surface area contributed by atoms with E-state index in [-0.39, 0.29) is 6.10 Å². The molecule has 0 bridgehead atoms. The van der Waals surface area contributed by atoms with Crippen LogP contribution in [-0.4, -0.2) is 17.8 Å². The maximum atomic E-state index is 10.2. The van der Waals surface area contributed by atoms with E-state index in [4.69, 9.17) is 20.8 Å². The van der Waals surface area contributed by atoms with E-state index in [0.717, 1.165) is 24.8 Å². The van der Waals surface area contributed by atoms with Crippen molar-refractivity contribution in [1.29, 1.82) is 0 Å². The number of ether oxygens (including phenoxy) is 1. The van der Waals surface area contributed by atoms with E-state index < -0.39 is 6.10 Å². The number of rotatable bonds is 3. The highest BCUT2D eigenvalue weighted by Crippen LogP contribution is 2.32. The molecule has 3 rings (SSSR count). The summed E-state index contributed by atoms with van der Waals surface area (Å²) in [5.74, 6) is 0.567. The van der Waals surface area contributed by atoms with Crippen LogP contribution in [0.15, 0.2) is 28.7 Å². The number of fused-ring (bicyclic) bond motifs is 1. The Hall–Kier alpha value is -1.03. The highest BCUT2D eigenvalue weighted by atomic mass is 35.5. The van der Waals surface area contributed by atoms with Gasteiger partial charge in [0.25, 0.3) is 0 Å². The third-order valence-corrected chi connectivity index (χ3v) is 3.90. The van der Waals surface area contributed by atoms with Crippen molar-refractivity contribution in [2.75, 3.05) is 6.61 Å². The van der Waals surface area contributed by atoms with Gasteiger partial charge >= 0.3 is 0 Å². The second kappa shape index (κ2) is 5.53. The third-order valence-electron chi connectivity index (χ3n) is 3.60. The minimum atomic E-state index is -0.633. The van der Waals surface area contributed by atoms with Crippen LogP contribution < -0.4 is 0 Å². The molecule has 0 saturated carbocycles. The number of aliphatic hydroxyl groups is 1. The van der Waals surface area contributed by atoms with Crippen LogP contribution in [0.25, 0.3) is 11.0 Å². The van der Waals surface area contributed by atoms with Crippen LogP contribution in [-0.2, 0) is 4.74 Å². The molecule has 3 nitrogen and oxygen atoms in total. The third kappa shape index (κ3) is 2.78. The van der Waals surface area contributed by atoms with Gasteiger partial charge in [-0.15, -0.1) is 0 Å². The number of hydrogen-bond donors (Lipinski definition) is 1. The Kier molecular flexibility index (Phi) is 3.78. The normalized spacial score (nSPS) is 21.7. The lowest BCUT2D eigenvalue weighted by Crippen LogP contribution is -2.21. The lowest BCUT2D eigenvalue weighted by Gasteiger charge is -2.23. The van der Waals surface area contributed by atoms with E-state index in [2.05, 4.69) is 0 Å². The summed E-state index contributed by atoms with van der Waals surface area (Å²) in [7, 11) is 0.